The minimum atomic E-state index is -3.44. The van der Waals surface area contributed by atoms with Crippen LogP contribution >= 0.6 is 0 Å². The molecule has 2 atom stereocenters. The van der Waals surface area contributed by atoms with Crippen LogP contribution in [-0.2, 0) is 16.6 Å². The summed E-state index contributed by atoms with van der Waals surface area (Å²) in [5.41, 5.74) is 0. The first-order valence-corrected chi connectivity index (χ1v) is 7.64. The fraction of sp³-hybridized carbons (Fsp3) is 0.727. The van der Waals surface area contributed by atoms with Gasteiger partial charge in [-0.3, -0.25) is 4.68 Å². The number of aliphatic hydroxyl groups excluding tert-OH is 1. The molecule has 102 valence electrons. The van der Waals surface area contributed by atoms with Gasteiger partial charge in [-0.1, -0.05) is 6.92 Å². The number of aromatic nitrogens is 2. The number of aliphatic hydroxyl groups is 1. The SMILES string of the molecule is CC1CC1CNS(=O)(=O)c1cnn(CCCO)c1. The van der Waals surface area contributed by atoms with Crippen molar-refractivity contribution in [1.29, 1.82) is 0 Å². The first kappa shape index (κ1) is 13.5. The Morgan fingerprint density at radius 3 is 2.94 bits per heavy atom. The van der Waals surface area contributed by atoms with Crippen LogP contribution in [0.5, 0.6) is 0 Å². The van der Waals surface area contributed by atoms with Crippen molar-refractivity contribution >= 4 is 10.0 Å². The van der Waals surface area contributed by atoms with Crippen LogP contribution in [0.3, 0.4) is 0 Å². The Bertz CT molecular complexity index is 497. The van der Waals surface area contributed by atoms with Crippen LogP contribution in [0.25, 0.3) is 0 Å². The van der Waals surface area contributed by atoms with Gasteiger partial charge in [-0.25, -0.2) is 13.1 Å². The van der Waals surface area contributed by atoms with Gasteiger partial charge in [0.15, 0.2) is 0 Å². The summed E-state index contributed by atoms with van der Waals surface area (Å²) in [6.07, 6.45) is 4.50. The van der Waals surface area contributed by atoms with E-state index in [4.69, 9.17) is 5.11 Å². The molecule has 1 aliphatic carbocycles. The number of nitrogens with one attached hydrogen (secondary N) is 1. The highest BCUT2D eigenvalue weighted by molar-refractivity contribution is 7.89. The van der Waals surface area contributed by atoms with Crippen molar-refractivity contribution in [3.63, 3.8) is 0 Å². The Kier molecular flexibility index (Phi) is 4.04. The predicted octanol–water partition coefficient (Wildman–Crippen LogP) is 0.200. The summed E-state index contributed by atoms with van der Waals surface area (Å²) in [6, 6.07) is 0. The van der Waals surface area contributed by atoms with Crippen LogP contribution in [-0.4, -0.2) is 36.5 Å². The van der Waals surface area contributed by atoms with Crippen molar-refractivity contribution in [2.24, 2.45) is 11.8 Å². The molecule has 1 aliphatic rings. The molecule has 0 aromatic carbocycles. The maximum Gasteiger partial charge on any atom is 0.243 e. The number of nitrogens with zero attached hydrogens (tertiary/aromatic N) is 2. The molecule has 2 rings (SSSR count). The first-order valence-electron chi connectivity index (χ1n) is 6.16. The topological polar surface area (TPSA) is 84.2 Å². The zero-order valence-electron chi connectivity index (χ0n) is 10.4. The van der Waals surface area contributed by atoms with Gasteiger partial charge in [0.2, 0.25) is 10.0 Å². The normalized spacial score (nSPS) is 23.2. The average molecular weight is 273 g/mol. The highest BCUT2D eigenvalue weighted by Crippen LogP contribution is 2.37. The predicted molar refractivity (Wildman–Crippen MR) is 66.4 cm³/mol. The molecule has 6 nitrogen and oxygen atoms in total. The molecule has 1 aromatic rings. The molecule has 2 unspecified atom stereocenters. The van der Waals surface area contributed by atoms with Crippen LogP contribution in [0.4, 0.5) is 0 Å². The Morgan fingerprint density at radius 1 is 1.61 bits per heavy atom. The smallest absolute Gasteiger partial charge is 0.243 e. The lowest BCUT2D eigenvalue weighted by Crippen LogP contribution is -2.25. The van der Waals surface area contributed by atoms with Crippen molar-refractivity contribution in [3.05, 3.63) is 12.4 Å². The van der Waals surface area contributed by atoms with Crippen LogP contribution < -0.4 is 4.72 Å². The van der Waals surface area contributed by atoms with Crippen LogP contribution in [0.1, 0.15) is 19.8 Å². The standard InChI is InChI=1S/C11H19N3O3S/c1-9-5-10(9)6-13-18(16,17)11-7-12-14(8-11)3-2-4-15/h7-10,13,15H,2-6H2,1H3. The van der Waals surface area contributed by atoms with Crippen molar-refractivity contribution < 1.29 is 13.5 Å². The maximum absolute atomic E-state index is 11.9. The van der Waals surface area contributed by atoms with E-state index in [-0.39, 0.29) is 11.5 Å². The molecule has 0 aliphatic heterocycles. The lowest BCUT2D eigenvalue weighted by atomic mass is 10.3. The fourth-order valence-corrected chi connectivity index (χ4v) is 2.87. The number of rotatable bonds is 7. The minimum Gasteiger partial charge on any atom is -0.396 e. The van der Waals surface area contributed by atoms with E-state index in [0.717, 1.165) is 6.42 Å². The van der Waals surface area contributed by atoms with Crippen molar-refractivity contribution in [3.8, 4) is 0 Å². The molecule has 2 N–H and O–H groups in total. The molecule has 0 spiro atoms. The minimum absolute atomic E-state index is 0.0692. The molecule has 0 saturated heterocycles. The quantitative estimate of drug-likeness (QED) is 0.743. The van der Waals surface area contributed by atoms with E-state index in [1.165, 1.54) is 17.1 Å². The summed E-state index contributed by atoms with van der Waals surface area (Å²) in [5, 5.41) is 12.7. The second-order valence-electron chi connectivity index (χ2n) is 4.84. The highest BCUT2D eigenvalue weighted by atomic mass is 32.2. The third-order valence-corrected chi connectivity index (χ3v) is 4.65. The van der Waals surface area contributed by atoms with Gasteiger partial charge >= 0.3 is 0 Å². The summed E-state index contributed by atoms with van der Waals surface area (Å²) in [7, 11) is -3.44. The van der Waals surface area contributed by atoms with Crippen molar-refractivity contribution in [1.82, 2.24) is 14.5 Å². The van der Waals surface area contributed by atoms with Gasteiger partial charge < -0.3 is 5.11 Å². The van der Waals surface area contributed by atoms with Gasteiger partial charge in [0, 0.05) is 25.9 Å². The number of aryl methyl sites for hydroxylation is 1. The Morgan fingerprint density at radius 2 is 2.33 bits per heavy atom. The van der Waals surface area contributed by atoms with Gasteiger partial charge in [0.05, 0.1) is 6.20 Å². The van der Waals surface area contributed by atoms with Gasteiger partial charge in [0.25, 0.3) is 0 Å². The molecule has 0 radical (unpaired) electrons. The van der Waals surface area contributed by atoms with Crippen LogP contribution in [0.15, 0.2) is 17.3 Å². The number of hydrogen-bond donors (Lipinski definition) is 2. The number of hydrogen-bond acceptors (Lipinski definition) is 4. The van der Waals surface area contributed by atoms with E-state index in [9.17, 15) is 8.42 Å². The zero-order valence-corrected chi connectivity index (χ0v) is 11.2. The summed E-state index contributed by atoms with van der Waals surface area (Å²) in [6.45, 7) is 3.21. The lowest BCUT2D eigenvalue weighted by Gasteiger charge is -2.03. The molecule has 7 heteroatoms. The first-order chi connectivity index (χ1) is 8.53. The molecule has 1 fully saturated rings. The fourth-order valence-electron chi connectivity index (χ4n) is 1.82. The van der Waals surface area contributed by atoms with Crippen LogP contribution in [0.2, 0.25) is 0 Å². The Labute approximate surface area is 107 Å². The number of sulfonamides is 1. The highest BCUT2D eigenvalue weighted by Gasteiger charge is 2.33. The Hall–Kier alpha value is -0.920. The maximum atomic E-state index is 11.9. The molecule has 1 saturated carbocycles. The van der Waals surface area contributed by atoms with E-state index in [0.29, 0.717) is 31.3 Å². The largest absolute Gasteiger partial charge is 0.396 e. The Balaban J connectivity index is 1.93. The molecular formula is C11H19N3O3S. The van der Waals surface area contributed by atoms with E-state index in [2.05, 4.69) is 16.7 Å². The third-order valence-electron chi connectivity index (χ3n) is 3.28. The van der Waals surface area contributed by atoms with E-state index in [1.54, 1.807) is 0 Å². The summed E-state index contributed by atoms with van der Waals surface area (Å²) >= 11 is 0. The van der Waals surface area contributed by atoms with Gasteiger partial charge in [-0.05, 0) is 24.7 Å². The second kappa shape index (κ2) is 5.38. The van der Waals surface area contributed by atoms with E-state index < -0.39 is 10.0 Å². The summed E-state index contributed by atoms with van der Waals surface area (Å²) in [5.74, 6) is 1.10. The molecular weight excluding hydrogens is 254 g/mol. The lowest BCUT2D eigenvalue weighted by molar-refractivity contribution is 0.277. The van der Waals surface area contributed by atoms with Gasteiger partial charge in [0.1, 0.15) is 4.90 Å². The average Bonchev–Trinajstić information content (AvgIpc) is 2.84. The monoisotopic (exact) mass is 273 g/mol. The van der Waals surface area contributed by atoms with Gasteiger partial charge in [-0.2, -0.15) is 5.10 Å². The molecule has 0 amide bonds. The summed E-state index contributed by atoms with van der Waals surface area (Å²) < 4.78 is 28.0. The molecule has 18 heavy (non-hydrogen) atoms. The zero-order chi connectivity index (χ0) is 13.2. The van der Waals surface area contributed by atoms with E-state index in [1.807, 2.05) is 0 Å². The van der Waals surface area contributed by atoms with Crippen molar-refractivity contribution in [2.45, 2.75) is 31.2 Å². The van der Waals surface area contributed by atoms with Crippen molar-refractivity contribution in [2.75, 3.05) is 13.2 Å². The molecule has 0 bridgehead atoms. The van der Waals surface area contributed by atoms with E-state index >= 15 is 0 Å². The molecule has 1 heterocycles. The third kappa shape index (κ3) is 3.30. The van der Waals surface area contributed by atoms with Crippen LogP contribution in [0, 0.1) is 11.8 Å². The summed E-state index contributed by atoms with van der Waals surface area (Å²) in [4.78, 5) is 0.189. The second-order valence-corrected chi connectivity index (χ2v) is 6.61. The molecule has 1 aromatic heterocycles. The van der Waals surface area contributed by atoms with Gasteiger partial charge in [-0.15, -0.1) is 0 Å².